The number of methoxy groups -OCH3 is 1. The van der Waals surface area contributed by atoms with E-state index in [4.69, 9.17) is 4.74 Å². The number of carbonyl (C=O) groups excluding carboxylic acids is 1. The minimum Gasteiger partial charge on any atom is -0.495 e. The van der Waals surface area contributed by atoms with Crippen molar-refractivity contribution in [2.75, 3.05) is 18.6 Å². The maximum atomic E-state index is 13.2. The lowest BCUT2D eigenvalue weighted by atomic mass is 10.2. The average Bonchev–Trinajstić information content (AvgIpc) is 3.13. The molecule has 0 bridgehead atoms. The number of para-hydroxylation sites is 2. The van der Waals surface area contributed by atoms with Crippen LogP contribution < -0.4 is 9.64 Å². The van der Waals surface area contributed by atoms with Crippen LogP contribution in [0.4, 0.5) is 16.3 Å². The first-order valence-corrected chi connectivity index (χ1v) is 7.86. The number of carboxylic acids is 1. The SMILES string of the molecule is COc1ccccc1N(C(=O)N1CCCC1C(=O)O)c1ccncn1. The summed E-state index contributed by atoms with van der Waals surface area (Å²) >= 11 is 0. The zero-order chi connectivity index (χ0) is 17.8. The molecular formula is C17H18N4O4. The van der Waals surface area contributed by atoms with Crippen LogP contribution in [-0.2, 0) is 4.79 Å². The Balaban J connectivity index is 2.06. The number of rotatable bonds is 4. The lowest BCUT2D eigenvalue weighted by Gasteiger charge is -2.30. The minimum absolute atomic E-state index is 0.348. The molecule has 0 radical (unpaired) electrons. The normalized spacial score (nSPS) is 16.5. The molecule has 1 N–H and O–H groups in total. The predicted molar refractivity (Wildman–Crippen MR) is 89.9 cm³/mol. The number of amides is 2. The van der Waals surface area contributed by atoms with Crippen molar-refractivity contribution < 1.29 is 19.4 Å². The predicted octanol–water partition coefficient (Wildman–Crippen LogP) is 2.29. The van der Waals surface area contributed by atoms with Crippen LogP contribution in [0.3, 0.4) is 0 Å². The Morgan fingerprint density at radius 3 is 2.80 bits per heavy atom. The van der Waals surface area contributed by atoms with E-state index in [0.29, 0.717) is 36.6 Å². The van der Waals surface area contributed by atoms with Crippen molar-refractivity contribution in [2.24, 2.45) is 0 Å². The first kappa shape index (κ1) is 16.7. The number of nitrogens with zero attached hydrogens (tertiary/aromatic N) is 4. The molecule has 8 nitrogen and oxygen atoms in total. The van der Waals surface area contributed by atoms with E-state index in [-0.39, 0.29) is 0 Å². The van der Waals surface area contributed by atoms with Crippen LogP contribution in [0.15, 0.2) is 42.9 Å². The van der Waals surface area contributed by atoms with Crippen LogP contribution >= 0.6 is 0 Å². The van der Waals surface area contributed by atoms with Crippen LogP contribution in [-0.4, -0.2) is 51.7 Å². The number of hydrogen-bond donors (Lipinski definition) is 1. The fourth-order valence-electron chi connectivity index (χ4n) is 2.94. The Bertz CT molecular complexity index is 768. The third-order valence-electron chi connectivity index (χ3n) is 4.10. The van der Waals surface area contributed by atoms with Crippen LogP contribution in [0, 0.1) is 0 Å². The second kappa shape index (κ2) is 7.16. The third kappa shape index (κ3) is 3.23. The molecule has 2 amide bonds. The van der Waals surface area contributed by atoms with Gasteiger partial charge < -0.3 is 14.7 Å². The van der Waals surface area contributed by atoms with Crippen LogP contribution in [0.25, 0.3) is 0 Å². The second-order valence-corrected chi connectivity index (χ2v) is 5.55. The van der Waals surface area contributed by atoms with Gasteiger partial charge in [-0.2, -0.15) is 0 Å². The van der Waals surface area contributed by atoms with Gasteiger partial charge in [-0.25, -0.2) is 24.5 Å². The Morgan fingerprint density at radius 2 is 2.12 bits per heavy atom. The number of aromatic nitrogens is 2. The summed E-state index contributed by atoms with van der Waals surface area (Å²) in [5, 5.41) is 9.39. The van der Waals surface area contributed by atoms with Crippen LogP contribution in [0.1, 0.15) is 12.8 Å². The fraction of sp³-hybridized carbons (Fsp3) is 0.294. The number of aliphatic carboxylic acids is 1. The molecule has 0 saturated carbocycles. The molecule has 1 aliphatic rings. The zero-order valence-electron chi connectivity index (χ0n) is 13.7. The number of urea groups is 1. The molecule has 1 fully saturated rings. The van der Waals surface area contributed by atoms with Gasteiger partial charge in [-0.15, -0.1) is 0 Å². The Hall–Kier alpha value is -3.16. The van der Waals surface area contributed by atoms with Crippen molar-refractivity contribution >= 4 is 23.5 Å². The van der Waals surface area contributed by atoms with Crippen molar-refractivity contribution in [2.45, 2.75) is 18.9 Å². The standard InChI is InChI=1S/C17H18N4O4/c1-25-14-7-3-2-5-12(14)21(15-8-9-18-11-19-15)17(24)20-10-4-6-13(20)16(22)23/h2-3,5,7-9,11,13H,4,6,10H2,1H3,(H,22,23). The maximum absolute atomic E-state index is 13.2. The highest BCUT2D eigenvalue weighted by Gasteiger charge is 2.38. The first-order valence-electron chi connectivity index (χ1n) is 7.86. The molecule has 1 atom stereocenters. The van der Waals surface area contributed by atoms with E-state index in [2.05, 4.69) is 9.97 Å². The summed E-state index contributed by atoms with van der Waals surface area (Å²) in [6, 6.07) is 7.33. The van der Waals surface area contributed by atoms with Crippen molar-refractivity contribution in [3.8, 4) is 5.75 Å². The number of carbonyl (C=O) groups is 2. The van der Waals surface area contributed by atoms with Crippen LogP contribution in [0.5, 0.6) is 5.75 Å². The molecule has 25 heavy (non-hydrogen) atoms. The number of hydrogen-bond acceptors (Lipinski definition) is 5. The molecule has 1 aromatic heterocycles. The van der Waals surface area contributed by atoms with Gasteiger partial charge in [0, 0.05) is 12.7 Å². The van der Waals surface area contributed by atoms with Crippen molar-refractivity contribution in [3.63, 3.8) is 0 Å². The van der Waals surface area contributed by atoms with Gasteiger partial charge >= 0.3 is 12.0 Å². The molecular weight excluding hydrogens is 324 g/mol. The first-order chi connectivity index (χ1) is 12.1. The van der Waals surface area contributed by atoms with Gasteiger partial charge in [0.2, 0.25) is 0 Å². The van der Waals surface area contributed by atoms with Crippen molar-refractivity contribution in [1.82, 2.24) is 14.9 Å². The highest BCUT2D eigenvalue weighted by molar-refractivity contribution is 6.01. The van der Waals surface area contributed by atoms with E-state index in [1.807, 2.05) is 0 Å². The molecule has 130 valence electrons. The second-order valence-electron chi connectivity index (χ2n) is 5.55. The highest BCUT2D eigenvalue weighted by atomic mass is 16.5. The number of benzene rings is 1. The monoisotopic (exact) mass is 342 g/mol. The molecule has 3 rings (SSSR count). The molecule has 1 saturated heterocycles. The van der Waals surface area contributed by atoms with Gasteiger partial charge in [0.25, 0.3) is 0 Å². The topological polar surface area (TPSA) is 95.9 Å². The van der Waals surface area contributed by atoms with Gasteiger partial charge in [-0.3, -0.25) is 0 Å². The maximum Gasteiger partial charge on any atom is 0.331 e. The summed E-state index contributed by atoms with van der Waals surface area (Å²) in [5.74, 6) is -0.172. The minimum atomic E-state index is -1.01. The average molecular weight is 342 g/mol. The molecule has 2 heterocycles. The molecule has 2 aromatic rings. The lowest BCUT2D eigenvalue weighted by molar-refractivity contribution is -0.141. The lowest BCUT2D eigenvalue weighted by Crippen LogP contribution is -2.46. The number of anilines is 2. The van der Waals surface area contributed by atoms with E-state index >= 15 is 0 Å². The van der Waals surface area contributed by atoms with E-state index in [1.54, 1.807) is 30.3 Å². The Morgan fingerprint density at radius 1 is 1.32 bits per heavy atom. The molecule has 1 aliphatic heterocycles. The molecule has 8 heteroatoms. The van der Waals surface area contributed by atoms with Gasteiger partial charge in [0.1, 0.15) is 23.9 Å². The fourth-order valence-corrected chi connectivity index (χ4v) is 2.94. The Kier molecular flexibility index (Phi) is 4.78. The smallest absolute Gasteiger partial charge is 0.331 e. The van der Waals surface area contributed by atoms with Crippen molar-refractivity contribution in [1.29, 1.82) is 0 Å². The third-order valence-corrected chi connectivity index (χ3v) is 4.10. The van der Waals surface area contributed by atoms with Gasteiger partial charge in [-0.1, -0.05) is 12.1 Å². The summed E-state index contributed by atoms with van der Waals surface area (Å²) < 4.78 is 5.36. The van der Waals surface area contributed by atoms with Gasteiger partial charge in [0.15, 0.2) is 0 Å². The summed E-state index contributed by atoms with van der Waals surface area (Å²) in [5.41, 5.74) is 0.490. The summed E-state index contributed by atoms with van der Waals surface area (Å²) in [6.07, 6.45) is 3.94. The van der Waals surface area contributed by atoms with E-state index in [1.165, 1.54) is 29.4 Å². The summed E-state index contributed by atoms with van der Waals surface area (Å²) in [6.45, 7) is 0.381. The number of ether oxygens (including phenoxy) is 1. The van der Waals surface area contributed by atoms with E-state index in [0.717, 1.165) is 0 Å². The van der Waals surface area contributed by atoms with Crippen LogP contribution in [0.2, 0.25) is 0 Å². The highest BCUT2D eigenvalue weighted by Crippen LogP contribution is 2.34. The van der Waals surface area contributed by atoms with Gasteiger partial charge in [0.05, 0.1) is 12.8 Å². The largest absolute Gasteiger partial charge is 0.495 e. The summed E-state index contributed by atoms with van der Waals surface area (Å²) in [7, 11) is 1.51. The van der Waals surface area contributed by atoms with E-state index in [9.17, 15) is 14.7 Å². The van der Waals surface area contributed by atoms with Crippen molar-refractivity contribution in [3.05, 3.63) is 42.9 Å². The summed E-state index contributed by atoms with van der Waals surface area (Å²) in [4.78, 5) is 35.4. The zero-order valence-corrected chi connectivity index (χ0v) is 13.7. The van der Waals surface area contributed by atoms with Gasteiger partial charge in [-0.05, 0) is 31.0 Å². The molecule has 1 unspecified atom stereocenters. The molecule has 1 aromatic carbocycles. The molecule has 0 aliphatic carbocycles. The number of likely N-dealkylation sites (tertiary alicyclic amines) is 1. The number of carboxylic acid groups (broad SMARTS) is 1. The quantitative estimate of drug-likeness (QED) is 0.916. The molecule has 0 spiro atoms. The van der Waals surface area contributed by atoms with E-state index < -0.39 is 18.0 Å². The Labute approximate surface area is 144 Å².